The highest BCUT2D eigenvalue weighted by atomic mass is 79.9. The van der Waals surface area contributed by atoms with E-state index in [1.54, 1.807) is 4.68 Å². The van der Waals surface area contributed by atoms with Crippen LogP contribution in [0.5, 0.6) is 5.75 Å². The van der Waals surface area contributed by atoms with Crippen LogP contribution in [0.3, 0.4) is 0 Å². The Bertz CT molecular complexity index is 670. The minimum absolute atomic E-state index is 0.307. The first-order valence-electron chi connectivity index (χ1n) is 5.80. The quantitative estimate of drug-likeness (QED) is 0.772. The third kappa shape index (κ3) is 3.21. The summed E-state index contributed by atoms with van der Waals surface area (Å²) in [7, 11) is 1.88. The zero-order chi connectivity index (χ0) is 14.9. The van der Waals surface area contributed by atoms with E-state index in [1.165, 1.54) is 0 Å². The van der Waals surface area contributed by atoms with Crippen molar-refractivity contribution in [2.24, 2.45) is 12.8 Å². The van der Waals surface area contributed by atoms with Crippen molar-refractivity contribution < 1.29 is 4.74 Å². The summed E-state index contributed by atoms with van der Waals surface area (Å²) < 4.78 is 9.49. The highest BCUT2D eigenvalue weighted by Gasteiger charge is 2.13. The van der Waals surface area contributed by atoms with Gasteiger partial charge in [0.25, 0.3) is 0 Å². The van der Waals surface area contributed by atoms with Crippen molar-refractivity contribution >= 4 is 49.1 Å². The highest BCUT2D eigenvalue weighted by Crippen LogP contribution is 2.26. The molecule has 2 aromatic rings. The molecule has 0 fully saturated rings. The number of halogens is 2. The van der Waals surface area contributed by atoms with Gasteiger partial charge in [-0.3, -0.25) is 4.68 Å². The largest absolute Gasteiger partial charge is 0.487 e. The second-order valence-corrected chi connectivity index (χ2v) is 6.41. The molecular formula is C13H13Br2N3OS. The Labute approximate surface area is 139 Å². The molecule has 2 N–H and O–H groups in total. The summed E-state index contributed by atoms with van der Waals surface area (Å²) in [6.45, 7) is 2.32. The van der Waals surface area contributed by atoms with Gasteiger partial charge in [0.1, 0.15) is 17.3 Å². The molecule has 0 aliphatic rings. The molecule has 0 atom stereocenters. The van der Waals surface area contributed by atoms with Gasteiger partial charge in [-0.1, -0.05) is 28.1 Å². The predicted molar refractivity (Wildman–Crippen MR) is 90.0 cm³/mol. The van der Waals surface area contributed by atoms with Crippen LogP contribution in [0, 0.1) is 6.92 Å². The number of aromatic nitrogens is 2. The number of nitrogens with two attached hydrogens (primary N) is 1. The van der Waals surface area contributed by atoms with Crippen LogP contribution in [0.15, 0.2) is 27.1 Å². The zero-order valence-corrected chi connectivity index (χ0v) is 15.0. The van der Waals surface area contributed by atoms with Gasteiger partial charge >= 0.3 is 0 Å². The first kappa shape index (κ1) is 15.5. The van der Waals surface area contributed by atoms with Gasteiger partial charge in [0, 0.05) is 11.5 Å². The summed E-state index contributed by atoms with van der Waals surface area (Å²) in [4.78, 5) is 0.307. The lowest BCUT2D eigenvalue weighted by atomic mass is 10.2. The van der Waals surface area contributed by atoms with Gasteiger partial charge in [0.2, 0.25) is 0 Å². The normalized spacial score (nSPS) is 10.6. The number of ether oxygens (including phenoxy) is 1. The maximum Gasteiger partial charge on any atom is 0.131 e. The fraction of sp³-hybridized carbons (Fsp3) is 0.231. The van der Waals surface area contributed by atoms with E-state index in [9.17, 15) is 0 Å². The third-order valence-electron chi connectivity index (χ3n) is 2.83. The van der Waals surface area contributed by atoms with Gasteiger partial charge in [-0.05, 0) is 41.1 Å². The van der Waals surface area contributed by atoms with Crippen molar-refractivity contribution in [3.63, 3.8) is 0 Å². The maximum atomic E-state index is 5.84. The molecular weight excluding hydrogens is 406 g/mol. The van der Waals surface area contributed by atoms with Crippen LogP contribution >= 0.6 is 44.1 Å². The average molecular weight is 419 g/mol. The van der Waals surface area contributed by atoms with Crippen molar-refractivity contribution in [2.75, 3.05) is 0 Å². The van der Waals surface area contributed by atoms with Crippen LogP contribution in [0.1, 0.15) is 17.0 Å². The molecule has 106 valence electrons. The molecule has 0 spiro atoms. The number of aryl methyl sites for hydroxylation is 2. The molecule has 0 unspecified atom stereocenters. The van der Waals surface area contributed by atoms with E-state index in [4.69, 9.17) is 22.7 Å². The second kappa shape index (κ2) is 6.24. The molecule has 0 bridgehead atoms. The van der Waals surface area contributed by atoms with E-state index in [0.29, 0.717) is 22.9 Å². The molecule has 4 nitrogen and oxygen atoms in total. The first-order valence-corrected chi connectivity index (χ1v) is 7.79. The summed E-state index contributed by atoms with van der Waals surface area (Å²) in [5.41, 5.74) is 8.32. The van der Waals surface area contributed by atoms with Gasteiger partial charge in [0.15, 0.2) is 0 Å². The minimum Gasteiger partial charge on any atom is -0.487 e. The fourth-order valence-electron chi connectivity index (χ4n) is 1.80. The predicted octanol–water partition coefficient (Wildman–Crippen LogP) is 3.47. The fourth-order valence-corrected chi connectivity index (χ4v) is 2.77. The first-order chi connectivity index (χ1) is 9.40. The van der Waals surface area contributed by atoms with Crippen molar-refractivity contribution in [1.29, 1.82) is 0 Å². The van der Waals surface area contributed by atoms with Crippen LogP contribution in [0.25, 0.3) is 0 Å². The summed E-state index contributed by atoms with van der Waals surface area (Å²) in [6.07, 6.45) is 0. The van der Waals surface area contributed by atoms with Gasteiger partial charge in [0.05, 0.1) is 21.4 Å². The summed E-state index contributed by atoms with van der Waals surface area (Å²) in [6, 6.07) is 5.58. The lowest BCUT2D eigenvalue weighted by Gasteiger charge is -2.11. The van der Waals surface area contributed by atoms with Crippen molar-refractivity contribution in [3.05, 3.63) is 44.1 Å². The van der Waals surface area contributed by atoms with Crippen LogP contribution in [0.4, 0.5) is 0 Å². The Hall–Kier alpha value is -0.920. The molecule has 0 saturated heterocycles. The molecule has 0 amide bonds. The Balaban J connectivity index is 2.25. The number of thiocarbonyl (C=S) groups is 1. The SMILES string of the molecule is Cc1nn(C)c(COc2ccc(Br)cc2C(N)=S)c1Br. The monoisotopic (exact) mass is 417 g/mol. The molecule has 20 heavy (non-hydrogen) atoms. The van der Waals surface area contributed by atoms with Gasteiger partial charge in [-0.25, -0.2) is 0 Å². The molecule has 0 saturated carbocycles. The van der Waals surface area contributed by atoms with Crippen LogP contribution in [-0.4, -0.2) is 14.8 Å². The van der Waals surface area contributed by atoms with E-state index in [0.717, 1.165) is 20.3 Å². The van der Waals surface area contributed by atoms with Gasteiger partial charge in [-0.2, -0.15) is 5.10 Å². The van der Waals surface area contributed by atoms with Gasteiger partial charge < -0.3 is 10.5 Å². The number of benzene rings is 1. The molecule has 7 heteroatoms. The Morgan fingerprint density at radius 3 is 2.70 bits per heavy atom. The minimum atomic E-state index is 0.307. The number of rotatable bonds is 4. The van der Waals surface area contributed by atoms with E-state index in [-0.39, 0.29) is 0 Å². The molecule has 1 heterocycles. The number of nitrogens with zero attached hydrogens (tertiary/aromatic N) is 2. The smallest absolute Gasteiger partial charge is 0.131 e. The Morgan fingerprint density at radius 2 is 2.15 bits per heavy atom. The van der Waals surface area contributed by atoms with Crippen molar-refractivity contribution in [1.82, 2.24) is 9.78 Å². The maximum absolute atomic E-state index is 5.84. The van der Waals surface area contributed by atoms with Crippen LogP contribution in [-0.2, 0) is 13.7 Å². The lowest BCUT2D eigenvalue weighted by molar-refractivity contribution is 0.293. The van der Waals surface area contributed by atoms with E-state index in [2.05, 4.69) is 37.0 Å². The topological polar surface area (TPSA) is 53.1 Å². The third-order valence-corrected chi connectivity index (χ3v) is 4.58. The van der Waals surface area contributed by atoms with Crippen LogP contribution in [0.2, 0.25) is 0 Å². The molecule has 0 aliphatic carbocycles. The lowest BCUT2D eigenvalue weighted by Crippen LogP contribution is -2.12. The van der Waals surface area contributed by atoms with Crippen LogP contribution < -0.4 is 10.5 Å². The van der Waals surface area contributed by atoms with E-state index >= 15 is 0 Å². The standard InChI is InChI=1S/C13H13Br2N3OS/c1-7-12(15)10(18(2)17-7)6-19-11-4-3-8(14)5-9(11)13(16)20/h3-5H,6H2,1-2H3,(H2,16,20). The Morgan fingerprint density at radius 1 is 1.45 bits per heavy atom. The molecule has 2 rings (SSSR count). The van der Waals surface area contributed by atoms with Crippen molar-refractivity contribution in [3.8, 4) is 5.75 Å². The second-order valence-electron chi connectivity index (χ2n) is 4.26. The molecule has 0 radical (unpaired) electrons. The molecule has 0 aliphatic heterocycles. The number of hydrogen-bond acceptors (Lipinski definition) is 3. The summed E-state index contributed by atoms with van der Waals surface area (Å²) in [5, 5.41) is 4.33. The Kier molecular flexibility index (Phi) is 4.82. The summed E-state index contributed by atoms with van der Waals surface area (Å²) in [5.74, 6) is 0.659. The average Bonchev–Trinajstić information content (AvgIpc) is 2.62. The van der Waals surface area contributed by atoms with E-state index < -0.39 is 0 Å². The molecule has 1 aromatic carbocycles. The van der Waals surface area contributed by atoms with E-state index in [1.807, 2.05) is 32.2 Å². The number of hydrogen-bond donors (Lipinski definition) is 1. The van der Waals surface area contributed by atoms with Gasteiger partial charge in [-0.15, -0.1) is 0 Å². The van der Waals surface area contributed by atoms with Crippen molar-refractivity contribution in [2.45, 2.75) is 13.5 Å². The summed E-state index contributed by atoms with van der Waals surface area (Å²) >= 11 is 12.0. The highest BCUT2D eigenvalue weighted by molar-refractivity contribution is 9.10. The zero-order valence-electron chi connectivity index (χ0n) is 11.0. The molecule has 1 aromatic heterocycles.